The molecular formula is C20H21F3N2O4S. The first-order chi connectivity index (χ1) is 14.1. The summed E-state index contributed by atoms with van der Waals surface area (Å²) in [4.78, 5) is 12.5. The lowest BCUT2D eigenvalue weighted by atomic mass is 10.1. The number of nitrogens with zero attached hydrogens (tertiary/aromatic N) is 1. The Morgan fingerprint density at radius 3 is 2.43 bits per heavy atom. The summed E-state index contributed by atoms with van der Waals surface area (Å²) in [6, 6.07) is 10.1. The number of hydrogen-bond donors (Lipinski definition) is 1. The molecule has 1 amide bonds. The molecule has 0 spiro atoms. The van der Waals surface area contributed by atoms with Crippen LogP contribution in [0.4, 0.5) is 18.9 Å². The molecule has 0 atom stereocenters. The van der Waals surface area contributed by atoms with Crippen molar-refractivity contribution < 1.29 is 31.1 Å². The van der Waals surface area contributed by atoms with Crippen molar-refractivity contribution in [2.45, 2.75) is 30.8 Å². The maximum Gasteiger partial charge on any atom is 0.422 e. The highest BCUT2D eigenvalue weighted by molar-refractivity contribution is 7.89. The lowest BCUT2D eigenvalue weighted by Gasteiger charge is -2.19. The minimum atomic E-state index is -4.59. The molecular weight excluding hydrogens is 421 g/mol. The minimum Gasteiger partial charge on any atom is -0.482 e. The monoisotopic (exact) mass is 442 g/mol. The molecule has 0 saturated carbocycles. The Kier molecular flexibility index (Phi) is 6.37. The fraction of sp³-hybridized carbons (Fsp3) is 0.350. The maximum atomic E-state index is 12.8. The van der Waals surface area contributed by atoms with Gasteiger partial charge in [0.05, 0.1) is 10.6 Å². The van der Waals surface area contributed by atoms with Crippen molar-refractivity contribution in [2.75, 3.05) is 25.0 Å². The van der Waals surface area contributed by atoms with Crippen molar-refractivity contribution in [3.05, 3.63) is 53.6 Å². The highest BCUT2D eigenvalue weighted by Gasteiger charge is 2.31. The molecule has 0 aliphatic carbocycles. The number of carbonyl (C=O) groups excluding carboxylic acids is 1. The van der Waals surface area contributed by atoms with Crippen LogP contribution >= 0.6 is 0 Å². The van der Waals surface area contributed by atoms with Crippen LogP contribution in [-0.4, -0.2) is 44.5 Å². The molecule has 1 aliphatic heterocycles. The first-order valence-electron chi connectivity index (χ1n) is 9.29. The largest absolute Gasteiger partial charge is 0.482 e. The molecule has 0 aromatic heterocycles. The number of nitrogens with one attached hydrogen (secondary N) is 1. The summed E-state index contributed by atoms with van der Waals surface area (Å²) >= 11 is 0. The molecule has 1 heterocycles. The van der Waals surface area contributed by atoms with Crippen LogP contribution in [0, 0.1) is 6.92 Å². The normalized spacial score (nSPS) is 15.2. The standard InChI is InChI=1S/C20H21F3N2O4S/c1-14-6-2-3-7-16(14)19(26)24-17-12-15(30(27,28)25-10-4-5-11-25)8-9-18(17)29-13-20(21,22)23/h2-3,6-9,12H,4-5,10-11,13H2,1H3,(H,24,26). The second kappa shape index (κ2) is 8.65. The van der Waals surface area contributed by atoms with E-state index < -0.39 is 28.7 Å². The molecule has 30 heavy (non-hydrogen) atoms. The molecule has 2 aromatic rings. The highest BCUT2D eigenvalue weighted by atomic mass is 32.2. The van der Waals surface area contributed by atoms with E-state index in [0.717, 1.165) is 25.0 Å². The zero-order valence-corrected chi connectivity index (χ0v) is 17.0. The second-order valence-corrected chi connectivity index (χ2v) is 8.88. The van der Waals surface area contributed by atoms with Crippen LogP contribution in [0.2, 0.25) is 0 Å². The molecule has 10 heteroatoms. The van der Waals surface area contributed by atoms with Crippen molar-refractivity contribution in [3.63, 3.8) is 0 Å². The molecule has 1 fully saturated rings. The lowest BCUT2D eigenvalue weighted by molar-refractivity contribution is -0.153. The van der Waals surface area contributed by atoms with E-state index in [4.69, 9.17) is 4.74 Å². The summed E-state index contributed by atoms with van der Waals surface area (Å²) in [5.74, 6) is -0.852. The number of anilines is 1. The predicted molar refractivity (Wildman–Crippen MR) is 105 cm³/mol. The number of rotatable bonds is 6. The molecule has 6 nitrogen and oxygen atoms in total. The van der Waals surface area contributed by atoms with Gasteiger partial charge < -0.3 is 10.1 Å². The molecule has 1 N–H and O–H groups in total. The van der Waals surface area contributed by atoms with Crippen molar-refractivity contribution in [1.82, 2.24) is 4.31 Å². The summed E-state index contributed by atoms with van der Waals surface area (Å²) in [5.41, 5.74) is 0.827. The van der Waals surface area contributed by atoms with Crippen LogP contribution in [-0.2, 0) is 10.0 Å². The maximum absolute atomic E-state index is 12.8. The van der Waals surface area contributed by atoms with E-state index in [9.17, 15) is 26.4 Å². The topological polar surface area (TPSA) is 75.7 Å². The van der Waals surface area contributed by atoms with Gasteiger partial charge in [-0.2, -0.15) is 17.5 Å². The number of amides is 1. The predicted octanol–water partition coefficient (Wildman–Crippen LogP) is 3.97. The number of halogens is 3. The second-order valence-electron chi connectivity index (χ2n) is 6.94. The van der Waals surface area contributed by atoms with Gasteiger partial charge in [0.25, 0.3) is 5.91 Å². The van der Waals surface area contributed by atoms with Crippen molar-refractivity contribution in [3.8, 4) is 5.75 Å². The molecule has 3 rings (SSSR count). The third-order valence-electron chi connectivity index (χ3n) is 4.68. The van der Waals surface area contributed by atoms with E-state index in [0.29, 0.717) is 24.2 Å². The van der Waals surface area contributed by atoms with Crippen molar-refractivity contribution >= 4 is 21.6 Å². The van der Waals surface area contributed by atoms with Gasteiger partial charge in [0.15, 0.2) is 6.61 Å². The van der Waals surface area contributed by atoms with Gasteiger partial charge in [0.1, 0.15) is 5.75 Å². The molecule has 162 valence electrons. The van der Waals surface area contributed by atoms with Gasteiger partial charge in [-0.05, 0) is 49.6 Å². The van der Waals surface area contributed by atoms with E-state index >= 15 is 0 Å². The van der Waals surface area contributed by atoms with Gasteiger partial charge in [-0.3, -0.25) is 4.79 Å². The first-order valence-corrected chi connectivity index (χ1v) is 10.7. The minimum absolute atomic E-state index is 0.121. The summed E-state index contributed by atoms with van der Waals surface area (Å²) in [6.07, 6.45) is -3.11. The van der Waals surface area contributed by atoms with Gasteiger partial charge in [-0.25, -0.2) is 8.42 Å². The molecule has 1 saturated heterocycles. The Morgan fingerprint density at radius 2 is 1.80 bits per heavy atom. The Morgan fingerprint density at radius 1 is 1.13 bits per heavy atom. The number of hydrogen-bond acceptors (Lipinski definition) is 4. The highest BCUT2D eigenvalue weighted by Crippen LogP contribution is 2.32. The number of alkyl halides is 3. The van der Waals surface area contributed by atoms with Crippen LogP contribution in [0.15, 0.2) is 47.4 Å². The fourth-order valence-corrected chi connectivity index (χ4v) is 4.69. The van der Waals surface area contributed by atoms with E-state index in [1.165, 1.54) is 10.4 Å². The summed E-state index contributed by atoms with van der Waals surface area (Å²) < 4.78 is 69.6. The summed E-state index contributed by atoms with van der Waals surface area (Å²) in [6.45, 7) is 0.891. The Hall–Kier alpha value is -2.59. The molecule has 0 unspecified atom stereocenters. The molecule has 0 radical (unpaired) electrons. The number of aryl methyl sites for hydroxylation is 1. The van der Waals surface area contributed by atoms with Gasteiger partial charge in [-0.1, -0.05) is 18.2 Å². The quantitative estimate of drug-likeness (QED) is 0.735. The Bertz CT molecular complexity index is 1030. The first kappa shape index (κ1) is 22.1. The van der Waals surface area contributed by atoms with Gasteiger partial charge >= 0.3 is 6.18 Å². The van der Waals surface area contributed by atoms with Crippen LogP contribution in [0.25, 0.3) is 0 Å². The zero-order chi connectivity index (χ0) is 21.9. The van der Waals surface area contributed by atoms with Crippen LogP contribution < -0.4 is 10.1 Å². The Labute approximate surface area is 172 Å². The van der Waals surface area contributed by atoms with E-state index in [2.05, 4.69) is 5.32 Å². The lowest BCUT2D eigenvalue weighted by Crippen LogP contribution is -2.28. The third kappa shape index (κ3) is 5.11. The summed E-state index contributed by atoms with van der Waals surface area (Å²) in [7, 11) is -3.83. The fourth-order valence-electron chi connectivity index (χ4n) is 3.15. The van der Waals surface area contributed by atoms with Crippen LogP contribution in [0.3, 0.4) is 0 Å². The van der Waals surface area contributed by atoms with Crippen LogP contribution in [0.5, 0.6) is 5.75 Å². The van der Waals surface area contributed by atoms with Crippen molar-refractivity contribution in [2.24, 2.45) is 0 Å². The van der Waals surface area contributed by atoms with Crippen molar-refractivity contribution in [1.29, 1.82) is 0 Å². The third-order valence-corrected chi connectivity index (χ3v) is 6.58. The van der Waals surface area contributed by atoms with Gasteiger partial charge in [0.2, 0.25) is 10.0 Å². The number of sulfonamides is 1. The van der Waals surface area contributed by atoms with Gasteiger partial charge in [0, 0.05) is 18.7 Å². The molecule has 2 aromatic carbocycles. The van der Waals surface area contributed by atoms with Crippen LogP contribution in [0.1, 0.15) is 28.8 Å². The SMILES string of the molecule is Cc1ccccc1C(=O)Nc1cc(S(=O)(=O)N2CCCC2)ccc1OCC(F)(F)F. The number of carbonyl (C=O) groups is 1. The Balaban J connectivity index is 1.95. The smallest absolute Gasteiger partial charge is 0.422 e. The average Bonchev–Trinajstić information content (AvgIpc) is 3.22. The van der Waals surface area contributed by atoms with Gasteiger partial charge in [-0.15, -0.1) is 0 Å². The zero-order valence-electron chi connectivity index (χ0n) is 16.2. The average molecular weight is 442 g/mol. The van der Waals surface area contributed by atoms with E-state index in [-0.39, 0.29) is 16.3 Å². The molecule has 0 bridgehead atoms. The van der Waals surface area contributed by atoms with E-state index in [1.54, 1.807) is 31.2 Å². The van der Waals surface area contributed by atoms with E-state index in [1.807, 2.05) is 0 Å². The number of ether oxygens (including phenoxy) is 1. The number of benzene rings is 2. The molecule has 1 aliphatic rings. The summed E-state index contributed by atoms with van der Waals surface area (Å²) in [5, 5.41) is 2.49.